The topological polar surface area (TPSA) is 49.4 Å². The summed E-state index contributed by atoms with van der Waals surface area (Å²) in [6.07, 6.45) is 2.15. The molecule has 0 unspecified atom stereocenters. The molecule has 0 aromatic heterocycles. The molecular formula is C20H21BrN2O2. The first kappa shape index (κ1) is 17.8. The third kappa shape index (κ3) is 5.00. The van der Waals surface area contributed by atoms with Gasteiger partial charge in [-0.1, -0.05) is 46.3 Å². The first-order valence-corrected chi connectivity index (χ1v) is 9.39. The van der Waals surface area contributed by atoms with Gasteiger partial charge in [0.05, 0.1) is 6.54 Å². The highest BCUT2D eigenvalue weighted by atomic mass is 79.9. The van der Waals surface area contributed by atoms with E-state index >= 15 is 0 Å². The number of carbonyl (C=O) groups excluding carboxylic acids is 2. The Bertz CT molecular complexity index is 723. The molecule has 1 aliphatic rings. The number of piperidine rings is 1. The number of rotatable bonds is 5. The lowest BCUT2D eigenvalue weighted by atomic mass is 10.0. The lowest BCUT2D eigenvalue weighted by molar-refractivity contribution is -0.117. The highest BCUT2D eigenvalue weighted by molar-refractivity contribution is 9.09. The highest BCUT2D eigenvalue weighted by Crippen LogP contribution is 2.17. The summed E-state index contributed by atoms with van der Waals surface area (Å²) in [4.78, 5) is 27.3. The summed E-state index contributed by atoms with van der Waals surface area (Å²) >= 11 is 3.62. The van der Waals surface area contributed by atoms with Crippen LogP contribution in [0.5, 0.6) is 0 Å². The van der Waals surface area contributed by atoms with Gasteiger partial charge < -0.3 is 5.32 Å². The van der Waals surface area contributed by atoms with Crippen LogP contribution in [0.25, 0.3) is 0 Å². The normalized spacial score (nSPS) is 15.7. The van der Waals surface area contributed by atoms with E-state index in [1.54, 1.807) is 36.4 Å². The molecule has 1 fully saturated rings. The Kier molecular flexibility index (Phi) is 6.00. The second-order valence-electron chi connectivity index (χ2n) is 6.27. The Balaban J connectivity index is 1.55. The van der Waals surface area contributed by atoms with Gasteiger partial charge in [-0.25, -0.2) is 0 Å². The molecule has 25 heavy (non-hydrogen) atoms. The van der Waals surface area contributed by atoms with E-state index in [1.165, 1.54) is 0 Å². The van der Waals surface area contributed by atoms with Crippen molar-refractivity contribution >= 4 is 33.3 Å². The maximum atomic E-state index is 12.4. The largest absolute Gasteiger partial charge is 0.325 e. The van der Waals surface area contributed by atoms with Gasteiger partial charge in [-0.05, 0) is 50.2 Å². The fourth-order valence-corrected chi connectivity index (χ4v) is 3.33. The Morgan fingerprint density at radius 2 is 1.56 bits per heavy atom. The van der Waals surface area contributed by atoms with Crippen molar-refractivity contribution in [3.63, 3.8) is 0 Å². The molecule has 0 atom stereocenters. The van der Waals surface area contributed by atoms with Crippen molar-refractivity contribution in [2.45, 2.75) is 17.7 Å². The molecule has 2 aromatic carbocycles. The molecule has 0 aliphatic carbocycles. The van der Waals surface area contributed by atoms with E-state index in [9.17, 15) is 9.59 Å². The van der Waals surface area contributed by atoms with Crippen molar-refractivity contribution in [3.05, 3.63) is 65.7 Å². The number of carbonyl (C=O) groups is 2. The van der Waals surface area contributed by atoms with Crippen LogP contribution in [0.15, 0.2) is 54.6 Å². The van der Waals surface area contributed by atoms with Crippen LogP contribution in [0.4, 0.5) is 5.69 Å². The molecule has 0 saturated carbocycles. The second kappa shape index (κ2) is 8.41. The molecule has 0 radical (unpaired) electrons. The van der Waals surface area contributed by atoms with Crippen LogP contribution in [-0.4, -0.2) is 41.1 Å². The fraction of sp³-hybridized carbons (Fsp3) is 0.300. The van der Waals surface area contributed by atoms with Crippen LogP contribution < -0.4 is 5.32 Å². The molecule has 5 heteroatoms. The molecule has 130 valence electrons. The summed E-state index contributed by atoms with van der Waals surface area (Å²) in [6.45, 7) is 2.28. The number of nitrogens with zero attached hydrogens (tertiary/aromatic N) is 1. The van der Waals surface area contributed by atoms with E-state index in [0.717, 1.165) is 25.9 Å². The molecule has 1 saturated heterocycles. The SMILES string of the molecule is O=C(CN1CCC(Br)CC1)Nc1ccc(C(=O)c2ccccc2)cc1. The Morgan fingerprint density at radius 3 is 2.20 bits per heavy atom. The zero-order valence-corrected chi connectivity index (χ0v) is 15.5. The number of nitrogens with one attached hydrogen (secondary N) is 1. The van der Waals surface area contributed by atoms with Crippen molar-refractivity contribution in [1.82, 2.24) is 4.90 Å². The predicted molar refractivity (Wildman–Crippen MR) is 103 cm³/mol. The van der Waals surface area contributed by atoms with Crippen LogP contribution in [0, 0.1) is 0 Å². The molecule has 0 spiro atoms. The number of halogens is 1. The van der Waals surface area contributed by atoms with Crippen molar-refractivity contribution in [2.75, 3.05) is 25.0 Å². The predicted octanol–water partition coefficient (Wildman–Crippen LogP) is 3.72. The number of hydrogen-bond acceptors (Lipinski definition) is 3. The highest BCUT2D eigenvalue weighted by Gasteiger charge is 2.18. The average Bonchev–Trinajstić information content (AvgIpc) is 2.64. The number of ketones is 1. The third-order valence-electron chi connectivity index (χ3n) is 4.35. The second-order valence-corrected chi connectivity index (χ2v) is 7.57. The Hall–Kier alpha value is -1.98. The molecule has 1 amide bonds. The van der Waals surface area contributed by atoms with Gasteiger partial charge in [0.25, 0.3) is 0 Å². The van der Waals surface area contributed by atoms with Gasteiger partial charge in [-0.15, -0.1) is 0 Å². The summed E-state index contributed by atoms with van der Waals surface area (Å²) in [5.74, 6) is -0.0359. The van der Waals surface area contributed by atoms with Crippen molar-refractivity contribution < 1.29 is 9.59 Å². The van der Waals surface area contributed by atoms with E-state index < -0.39 is 0 Å². The van der Waals surface area contributed by atoms with E-state index in [-0.39, 0.29) is 11.7 Å². The standard InChI is InChI=1S/C20H21BrN2O2/c21-17-10-12-23(13-11-17)14-19(24)22-18-8-6-16(7-9-18)20(25)15-4-2-1-3-5-15/h1-9,17H,10-14H2,(H,22,24). The quantitative estimate of drug-likeness (QED) is 0.614. The molecular weight excluding hydrogens is 380 g/mol. The zero-order valence-electron chi connectivity index (χ0n) is 14.0. The van der Waals surface area contributed by atoms with E-state index in [0.29, 0.717) is 28.2 Å². The van der Waals surface area contributed by atoms with E-state index in [2.05, 4.69) is 26.1 Å². The van der Waals surface area contributed by atoms with Crippen LogP contribution in [0.3, 0.4) is 0 Å². The summed E-state index contributed by atoms with van der Waals surface area (Å²) in [5.41, 5.74) is 1.99. The summed E-state index contributed by atoms with van der Waals surface area (Å²) in [5, 5.41) is 2.90. The van der Waals surface area contributed by atoms with Crippen LogP contribution in [0.1, 0.15) is 28.8 Å². The first-order valence-electron chi connectivity index (χ1n) is 8.48. The molecule has 1 aliphatic heterocycles. The minimum absolute atomic E-state index is 0.0175. The zero-order chi connectivity index (χ0) is 17.6. The summed E-state index contributed by atoms with van der Waals surface area (Å²) in [7, 11) is 0. The summed E-state index contributed by atoms with van der Waals surface area (Å²) < 4.78 is 0. The molecule has 1 N–H and O–H groups in total. The molecule has 2 aromatic rings. The number of amides is 1. The fourth-order valence-electron chi connectivity index (χ4n) is 2.92. The Morgan fingerprint density at radius 1 is 0.960 bits per heavy atom. The minimum atomic E-state index is -0.0184. The average molecular weight is 401 g/mol. The van der Waals surface area contributed by atoms with Crippen LogP contribution >= 0.6 is 15.9 Å². The van der Waals surface area contributed by atoms with Gasteiger partial charge in [0.1, 0.15) is 0 Å². The third-order valence-corrected chi connectivity index (χ3v) is 5.27. The maximum absolute atomic E-state index is 12.4. The van der Waals surface area contributed by atoms with Crippen molar-refractivity contribution in [3.8, 4) is 0 Å². The maximum Gasteiger partial charge on any atom is 0.238 e. The van der Waals surface area contributed by atoms with E-state index in [4.69, 9.17) is 0 Å². The molecule has 1 heterocycles. The van der Waals surface area contributed by atoms with Gasteiger partial charge in [-0.3, -0.25) is 14.5 Å². The number of hydrogen-bond donors (Lipinski definition) is 1. The number of likely N-dealkylation sites (tertiary alicyclic amines) is 1. The van der Waals surface area contributed by atoms with Crippen LogP contribution in [-0.2, 0) is 4.79 Å². The molecule has 4 nitrogen and oxygen atoms in total. The summed E-state index contributed by atoms with van der Waals surface area (Å²) in [6, 6.07) is 16.2. The monoisotopic (exact) mass is 400 g/mol. The smallest absolute Gasteiger partial charge is 0.238 e. The van der Waals surface area contributed by atoms with Gasteiger partial charge in [0.2, 0.25) is 5.91 Å². The number of benzene rings is 2. The van der Waals surface area contributed by atoms with E-state index in [1.807, 2.05) is 18.2 Å². The minimum Gasteiger partial charge on any atom is -0.325 e. The van der Waals surface area contributed by atoms with Crippen molar-refractivity contribution in [2.24, 2.45) is 0 Å². The van der Waals surface area contributed by atoms with Gasteiger partial charge >= 0.3 is 0 Å². The van der Waals surface area contributed by atoms with Gasteiger partial charge in [-0.2, -0.15) is 0 Å². The Labute approximate surface area is 156 Å². The van der Waals surface area contributed by atoms with Gasteiger partial charge in [0, 0.05) is 21.6 Å². The molecule has 0 bridgehead atoms. The lowest BCUT2D eigenvalue weighted by Crippen LogP contribution is -2.39. The van der Waals surface area contributed by atoms with Gasteiger partial charge in [0.15, 0.2) is 5.78 Å². The lowest BCUT2D eigenvalue weighted by Gasteiger charge is -2.28. The number of alkyl halides is 1. The van der Waals surface area contributed by atoms with Crippen LogP contribution in [0.2, 0.25) is 0 Å². The van der Waals surface area contributed by atoms with Crippen molar-refractivity contribution in [1.29, 1.82) is 0 Å². The first-order chi connectivity index (χ1) is 12.1. The molecule has 3 rings (SSSR count). The number of anilines is 1.